The summed E-state index contributed by atoms with van der Waals surface area (Å²) in [6.45, 7) is -0.305. The van der Waals surface area contributed by atoms with Crippen molar-refractivity contribution in [3.63, 3.8) is 0 Å². The molecule has 0 aromatic heterocycles. The summed E-state index contributed by atoms with van der Waals surface area (Å²) in [5.74, 6) is -0.427. The SMILES string of the molecule is O=C(COC(=O)CS[C@@H]1CCS(=O)(=O)C1)N[C@@H]1CCCc2ccccc21. The van der Waals surface area contributed by atoms with E-state index in [1.807, 2.05) is 18.2 Å². The molecule has 0 spiro atoms. The Balaban J connectivity index is 1.40. The van der Waals surface area contributed by atoms with Gasteiger partial charge in [-0.05, 0) is 36.8 Å². The van der Waals surface area contributed by atoms with Crippen molar-refractivity contribution in [2.75, 3.05) is 23.9 Å². The summed E-state index contributed by atoms with van der Waals surface area (Å²) in [5, 5.41) is 2.88. The standard InChI is InChI=1S/C18H23NO5S2/c20-17(19-16-7-3-5-13-4-1-2-6-15(13)16)10-24-18(21)11-25-14-8-9-26(22,23)12-14/h1-2,4,6,14,16H,3,5,7-12H2,(H,19,20)/t14-,16-/m1/s1. The molecule has 2 atom stereocenters. The minimum atomic E-state index is -2.95. The molecule has 1 heterocycles. The lowest BCUT2D eigenvalue weighted by Gasteiger charge is -2.26. The zero-order valence-corrected chi connectivity index (χ0v) is 16.1. The molecule has 1 aromatic carbocycles. The molecule has 0 radical (unpaired) electrons. The van der Waals surface area contributed by atoms with Gasteiger partial charge in [0.15, 0.2) is 16.4 Å². The molecule has 1 saturated heterocycles. The van der Waals surface area contributed by atoms with Crippen molar-refractivity contribution in [1.82, 2.24) is 5.32 Å². The average molecular weight is 398 g/mol. The molecule has 1 aliphatic carbocycles. The summed E-state index contributed by atoms with van der Waals surface area (Å²) >= 11 is 1.29. The molecule has 1 fully saturated rings. The van der Waals surface area contributed by atoms with Crippen LogP contribution in [0.4, 0.5) is 0 Å². The minimum Gasteiger partial charge on any atom is -0.455 e. The Hall–Kier alpha value is -1.54. The number of sulfone groups is 1. The molecule has 3 rings (SSSR count). The van der Waals surface area contributed by atoms with Gasteiger partial charge in [-0.3, -0.25) is 9.59 Å². The second-order valence-corrected chi connectivity index (χ2v) is 10.2. The Morgan fingerprint density at radius 2 is 2.04 bits per heavy atom. The van der Waals surface area contributed by atoms with Gasteiger partial charge in [0.05, 0.1) is 23.3 Å². The Kier molecular flexibility index (Phi) is 6.24. The highest BCUT2D eigenvalue weighted by Crippen LogP contribution is 2.29. The van der Waals surface area contributed by atoms with E-state index in [-0.39, 0.29) is 41.1 Å². The number of aryl methyl sites for hydroxylation is 1. The normalized spacial score (nSPS) is 23.8. The molecule has 8 heteroatoms. The number of benzene rings is 1. The summed E-state index contributed by atoms with van der Waals surface area (Å²) in [6.07, 6.45) is 3.49. The van der Waals surface area contributed by atoms with Crippen molar-refractivity contribution < 1.29 is 22.7 Å². The summed E-state index contributed by atoms with van der Waals surface area (Å²) in [4.78, 5) is 23.9. The van der Waals surface area contributed by atoms with Crippen molar-refractivity contribution in [3.8, 4) is 0 Å². The fraction of sp³-hybridized carbons (Fsp3) is 0.556. The molecule has 6 nitrogen and oxygen atoms in total. The second kappa shape index (κ2) is 8.43. The zero-order valence-electron chi connectivity index (χ0n) is 14.5. The molecule has 1 aromatic rings. The maximum Gasteiger partial charge on any atom is 0.316 e. The van der Waals surface area contributed by atoms with Crippen molar-refractivity contribution in [2.45, 2.75) is 37.0 Å². The van der Waals surface area contributed by atoms with Crippen molar-refractivity contribution in [3.05, 3.63) is 35.4 Å². The van der Waals surface area contributed by atoms with E-state index in [0.717, 1.165) is 24.8 Å². The van der Waals surface area contributed by atoms with Gasteiger partial charge in [0.1, 0.15) is 0 Å². The van der Waals surface area contributed by atoms with Crippen LogP contribution in [0.5, 0.6) is 0 Å². The van der Waals surface area contributed by atoms with Gasteiger partial charge in [-0.1, -0.05) is 24.3 Å². The lowest BCUT2D eigenvalue weighted by Crippen LogP contribution is -2.34. The fourth-order valence-electron chi connectivity index (χ4n) is 3.41. The molecule has 0 saturated carbocycles. The van der Waals surface area contributed by atoms with Crippen LogP contribution < -0.4 is 5.32 Å². The minimum absolute atomic E-state index is 0.0378. The van der Waals surface area contributed by atoms with Gasteiger partial charge < -0.3 is 10.1 Å². The van der Waals surface area contributed by atoms with Crippen molar-refractivity contribution in [1.29, 1.82) is 0 Å². The van der Waals surface area contributed by atoms with E-state index in [9.17, 15) is 18.0 Å². The lowest BCUT2D eigenvalue weighted by atomic mass is 9.88. The highest BCUT2D eigenvalue weighted by molar-refractivity contribution is 8.02. The van der Waals surface area contributed by atoms with E-state index >= 15 is 0 Å². The molecule has 0 unspecified atom stereocenters. The van der Waals surface area contributed by atoms with E-state index in [1.165, 1.54) is 17.3 Å². The average Bonchev–Trinajstić information content (AvgIpc) is 2.97. The monoisotopic (exact) mass is 397 g/mol. The topological polar surface area (TPSA) is 89.5 Å². The first-order valence-corrected chi connectivity index (χ1v) is 11.6. The highest BCUT2D eigenvalue weighted by atomic mass is 32.2. The Bertz CT molecular complexity index is 778. The van der Waals surface area contributed by atoms with Crippen LogP contribution in [0.1, 0.15) is 36.4 Å². The van der Waals surface area contributed by atoms with E-state index in [4.69, 9.17) is 4.74 Å². The van der Waals surface area contributed by atoms with Crippen LogP contribution in [0.25, 0.3) is 0 Å². The molecule has 1 aliphatic heterocycles. The molecule has 142 valence electrons. The van der Waals surface area contributed by atoms with Crippen LogP contribution in [0.15, 0.2) is 24.3 Å². The molecule has 26 heavy (non-hydrogen) atoms. The second-order valence-electron chi connectivity index (χ2n) is 6.71. The first-order valence-electron chi connectivity index (χ1n) is 8.78. The van der Waals surface area contributed by atoms with Crippen LogP contribution >= 0.6 is 11.8 Å². The predicted octanol–water partition coefficient (Wildman–Crippen LogP) is 1.64. The maximum atomic E-state index is 12.1. The number of ether oxygens (including phenoxy) is 1. The number of carbonyl (C=O) groups is 2. The van der Waals surface area contributed by atoms with E-state index in [0.29, 0.717) is 6.42 Å². The third kappa shape index (κ3) is 5.23. The Labute approximate surface area is 158 Å². The van der Waals surface area contributed by atoms with Gasteiger partial charge >= 0.3 is 5.97 Å². The number of hydrogen-bond donors (Lipinski definition) is 1. The molecule has 1 N–H and O–H groups in total. The van der Waals surface area contributed by atoms with E-state index in [1.54, 1.807) is 0 Å². The van der Waals surface area contributed by atoms with E-state index in [2.05, 4.69) is 11.4 Å². The Morgan fingerprint density at radius 1 is 1.23 bits per heavy atom. The number of fused-ring (bicyclic) bond motifs is 1. The van der Waals surface area contributed by atoms with Gasteiger partial charge in [-0.2, -0.15) is 0 Å². The van der Waals surface area contributed by atoms with Crippen molar-refractivity contribution >= 4 is 33.5 Å². The summed E-state index contributed by atoms with van der Waals surface area (Å²) < 4.78 is 27.8. The van der Waals surface area contributed by atoms with E-state index < -0.39 is 15.8 Å². The van der Waals surface area contributed by atoms with Crippen LogP contribution in [0.2, 0.25) is 0 Å². The van der Waals surface area contributed by atoms with Gasteiger partial charge in [-0.25, -0.2) is 8.42 Å². The highest BCUT2D eigenvalue weighted by Gasteiger charge is 2.29. The zero-order chi connectivity index (χ0) is 18.6. The van der Waals surface area contributed by atoms with Gasteiger partial charge in [0.25, 0.3) is 5.91 Å². The predicted molar refractivity (Wildman–Crippen MR) is 101 cm³/mol. The third-order valence-corrected chi connectivity index (χ3v) is 7.95. The lowest BCUT2D eigenvalue weighted by molar-refractivity contribution is -0.146. The van der Waals surface area contributed by atoms with Gasteiger partial charge in [0, 0.05) is 5.25 Å². The molecule has 1 amide bonds. The fourth-order valence-corrected chi connectivity index (χ4v) is 6.84. The first kappa shape index (κ1) is 19.2. The van der Waals surface area contributed by atoms with Gasteiger partial charge in [0.2, 0.25) is 0 Å². The van der Waals surface area contributed by atoms with Crippen LogP contribution in [-0.4, -0.2) is 49.4 Å². The van der Waals surface area contributed by atoms with Crippen molar-refractivity contribution in [2.24, 2.45) is 0 Å². The molecule has 2 aliphatic rings. The number of rotatable bonds is 6. The quantitative estimate of drug-likeness (QED) is 0.734. The Morgan fingerprint density at radius 3 is 2.81 bits per heavy atom. The van der Waals surface area contributed by atoms with Crippen LogP contribution in [0, 0.1) is 0 Å². The number of hydrogen-bond acceptors (Lipinski definition) is 6. The third-order valence-electron chi connectivity index (χ3n) is 4.70. The number of esters is 1. The number of carbonyl (C=O) groups excluding carboxylic acids is 2. The number of nitrogens with one attached hydrogen (secondary N) is 1. The summed E-state index contributed by atoms with van der Waals surface area (Å²) in [7, 11) is -2.95. The summed E-state index contributed by atoms with van der Waals surface area (Å²) in [5.41, 5.74) is 2.39. The molecular formula is C18H23NO5S2. The number of thioether (sulfide) groups is 1. The maximum absolute atomic E-state index is 12.1. The number of amides is 1. The molecule has 0 bridgehead atoms. The smallest absolute Gasteiger partial charge is 0.316 e. The largest absolute Gasteiger partial charge is 0.455 e. The first-order chi connectivity index (χ1) is 12.4. The van der Waals surface area contributed by atoms with Gasteiger partial charge in [-0.15, -0.1) is 11.8 Å². The van der Waals surface area contributed by atoms with Crippen LogP contribution in [-0.2, 0) is 30.6 Å². The van der Waals surface area contributed by atoms with Crippen LogP contribution in [0.3, 0.4) is 0 Å². The summed E-state index contributed by atoms with van der Waals surface area (Å²) in [6, 6.07) is 8.03. The molecular weight excluding hydrogens is 374 g/mol.